The van der Waals surface area contributed by atoms with Gasteiger partial charge in [-0.2, -0.15) is 11.8 Å². The lowest BCUT2D eigenvalue weighted by atomic mass is 10.1. The molecule has 2 aliphatic rings. The summed E-state index contributed by atoms with van der Waals surface area (Å²) in [7, 11) is -3.47. The summed E-state index contributed by atoms with van der Waals surface area (Å²) in [5.41, 5.74) is 7.35. The normalized spacial score (nSPS) is 22.1. The molecule has 0 saturated carbocycles. The second kappa shape index (κ2) is 14.0. The van der Waals surface area contributed by atoms with Gasteiger partial charge in [-0.25, -0.2) is 15.0 Å². The maximum atomic E-state index is 13.4. The Labute approximate surface area is 258 Å². The van der Waals surface area contributed by atoms with Crippen LogP contribution in [0.4, 0.5) is 5.82 Å². The Morgan fingerprint density at radius 3 is 2.39 bits per heavy atom. The number of aliphatic hydroxyl groups is 2. The number of nitrogen functional groups attached to an aromatic ring is 1. The van der Waals surface area contributed by atoms with Crippen molar-refractivity contribution in [1.82, 2.24) is 29.3 Å². The van der Waals surface area contributed by atoms with Gasteiger partial charge in [0.2, 0.25) is 0 Å². The van der Waals surface area contributed by atoms with E-state index in [1.807, 2.05) is 4.90 Å². The Morgan fingerprint density at radius 2 is 1.73 bits per heavy atom. The summed E-state index contributed by atoms with van der Waals surface area (Å²) in [6.45, 7) is 4.61. The van der Waals surface area contributed by atoms with Crippen molar-refractivity contribution in [3.63, 3.8) is 0 Å². The first-order chi connectivity index (χ1) is 21.2. The summed E-state index contributed by atoms with van der Waals surface area (Å²) >= 11 is 1.46. The molecule has 3 aromatic rings. The summed E-state index contributed by atoms with van der Waals surface area (Å²) in [5, 5.41) is 21.5. The van der Waals surface area contributed by atoms with E-state index in [2.05, 4.69) is 15.0 Å². The van der Waals surface area contributed by atoms with Gasteiger partial charge < -0.3 is 29.7 Å². The number of fused-ring (bicyclic) bond motifs is 2. The minimum atomic E-state index is -3.47. The number of aromatic nitrogens is 4. The molecule has 0 radical (unpaired) electrons. The van der Waals surface area contributed by atoms with Gasteiger partial charge in [0.25, 0.3) is 11.8 Å². The number of anilines is 1. The summed E-state index contributed by atoms with van der Waals surface area (Å²) < 4.78 is 31.9. The van der Waals surface area contributed by atoms with Gasteiger partial charge in [-0.1, -0.05) is 12.1 Å². The number of carbonyl (C=O) groups excluding carboxylic acids is 2. The van der Waals surface area contributed by atoms with Crippen molar-refractivity contribution < 1.29 is 38.2 Å². The van der Waals surface area contributed by atoms with Gasteiger partial charge in [-0.05, 0) is 26.0 Å². The SMILES string of the molecule is CCOP(=O)(CN(CCSC[C@H]1O[C@@H](n2cnc3c(N)ncnc32)[C@@H](O)C1O)CCN1C(=O)c2ccccc2C1=O)OCC. The van der Waals surface area contributed by atoms with Crippen molar-refractivity contribution in [3.8, 4) is 0 Å². The molecule has 0 spiro atoms. The van der Waals surface area contributed by atoms with E-state index in [0.717, 1.165) is 0 Å². The molecule has 2 aromatic heterocycles. The topological polar surface area (TPSA) is 195 Å². The predicted octanol–water partition coefficient (Wildman–Crippen LogP) is 1.58. The minimum Gasteiger partial charge on any atom is -0.387 e. The van der Waals surface area contributed by atoms with Gasteiger partial charge >= 0.3 is 7.60 Å². The quantitative estimate of drug-likeness (QED) is 0.122. The molecular formula is C27H36N7O8PS. The number of hydrogen-bond acceptors (Lipinski definition) is 14. The third kappa shape index (κ3) is 6.67. The highest BCUT2D eigenvalue weighted by atomic mass is 32.2. The van der Waals surface area contributed by atoms with Crippen LogP contribution in [0.15, 0.2) is 36.9 Å². The molecule has 0 bridgehead atoms. The Balaban J connectivity index is 1.20. The molecule has 5 rings (SSSR count). The van der Waals surface area contributed by atoms with Crippen LogP contribution < -0.4 is 5.73 Å². The second-order valence-corrected chi connectivity index (χ2v) is 13.4. The summed E-state index contributed by atoms with van der Waals surface area (Å²) in [5.74, 6) is 0.334. The highest BCUT2D eigenvalue weighted by Crippen LogP contribution is 2.48. The van der Waals surface area contributed by atoms with Gasteiger partial charge in [-0.3, -0.25) is 28.5 Å². The minimum absolute atomic E-state index is 0.0273. The van der Waals surface area contributed by atoms with E-state index in [1.165, 1.54) is 33.9 Å². The average Bonchev–Trinajstić information content (AvgIpc) is 3.63. The fourth-order valence-corrected chi connectivity index (χ4v) is 8.10. The van der Waals surface area contributed by atoms with Crippen LogP contribution in [-0.4, -0.2) is 120 Å². The Morgan fingerprint density at radius 1 is 1.05 bits per heavy atom. The number of thioether (sulfide) groups is 1. The zero-order chi connectivity index (χ0) is 31.4. The van der Waals surface area contributed by atoms with Crippen molar-refractivity contribution in [3.05, 3.63) is 48.0 Å². The van der Waals surface area contributed by atoms with E-state index < -0.39 is 32.1 Å². The smallest absolute Gasteiger partial charge is 0.344 e. The molecule has 17 heteroatoms. The molecule has 4 atom stereocenters. The number of imidazole rings is 1. The van der Waals surface area contributed by atoms with Crippen molar-refractivity contribution >= 4 is 48.2 Å². The van der Waals surface area contributed by atoms with Gasteiger partial charge in [0.1, 0.15) is 30.3 Å². The number of benzene rings is 1. The molecule has 4 heterocycles. The zero-order valence-corrected chi connectivity index (χ0v) is 26.1. The molecular weight excluding hydrogens is 613 g/mol. The first-order valence-electron chi connectivity index (χ1n) is 14.3. The van der Waals surface area contributed by atoms with E-state index in [-0.39, 0.29) is 50.2 Å². The molecule has 1 saturated heterocycles. The molecule has 2 amide bonds. The van der Waals surface area contributed by atoms with Crippen molar-refractivity contribution in [2.75, 3.05) is 56.4 Å². The molecule has 44 heavy (non-hydrogen) atoms. The van der Waals surface area contributed by atoms with Gasteiger partial charge in [0.05, 0.1) is 36.8 Å². The lowest BCUT2D eigenvalue weighted by Crippen LogP contribution is -2.39. The monoisotopic (exact) mass is 649 g/mol. The number of nitrogens with two attached hydrogens (primary N) is 1. The lowest BCUT2D eigenvalue weighted by molar-refractivity contribution is -0.0289. The molecule has 15 nitrogen and oxygen atoms in total. The molecule has 1 aromatic carbocycles. The molecule has 1 unspecified atom stereocenters. The number of hydrogen-bond donors (Lipinski definition) is 3. The Kier molecular flexibility index (Phi) is 10.3. The van der Waals surface area contributed by atoms with E-state index in [9.17, 15) is 24.4 Å². The van der Waals surface area contributed by atoms with E-state index >= 15 is 0 Å². The fraction of sp³-hybridized carbons (Fsp3) is 0.519. The number of imide groups is 1. The number of ether oxygens (including phenoxy) is 1. The van der Waals surface area contributed by atoms with Crippen LogP contribution in [0.25, 0.3) is 11.2 Å². The van der Waals surface area contributed by atoms with Crippen LogP contribution in [0.3, 0.4) is 0 Å². The second-order valence-electron chi connectivity index (χ2n) is 10.2. The highest BCUT2D eigenvalue weighted by Gasteiger charge is 2.44. The Bertz CT molecular complexity index is 1500. The lowest BCUT2D eigenvalue weighted by Gasteiger charge is -2.28. The van der Waals surface area contributed by atoms with Crippen LogP contribution in [0.2, 0.25) is 0 Å². The molecule has 2 aliphatic heterocycles. The number of amides is 2. The zero-order valence-electron chi connectivity index (χ0n) is 24.4. The molecule has 1 fully saturated rings. The largest absolute Gasteiger partial charge is 0.387 e. The molecule has 238 valence electrons. The summed E-state index contributed by atoms with van der Waals surface area (Å²) in [4.78, 5) is 41.1. The summed E-state index contributed by atoms with van der Waals surface area (Å²) in [6.07, 6.45) is -1.31. The van der Waals surface area contributed by atoms with Gasteiger partial charge in [0, 0.05) is 31.1 Å². The van der Waals surface area contributed by atoms with Crippen LogP contribution in [0, 0.1) is 0 Å². The van der Waals surface area contributed by atoms with E-state index in [1.54, 1.807) is 38.1 Å². The van der Waals surface area contributed by atoms with Gasteiger partial charge in [-0.15, -0.1) is 0 Å². The van der Waals surface area contributed by atoms with Crippen LogP contribution in [-0.2, 0) is 18.3 Å². The summed E-state index contributed by atoms with van der Waals surface area (Å²) in [6, 6.07) is 6.68. The number of nitrogens with zero attached hydrogens (tertiary/aromatic N) is 6. The third-order valence-corrected chi connectivity index (χ3v) is 10.5. The number of carbonyl (C=O) groups is 2. The molecule has 4 N–H and O–H groups in total. The van der Waals surface area contributed by atoms with E-state index in [0.29, 0.717) is 40.3 Å². The number of aliphatic hydroxyl groups excluding tert-OH is 2. The van der Waals surface area contributed by atoms with Crippen molar-refractivity contribution in [1.29, 1.82) is 0 Å². The maximum Gasteiger partial charge on any atom is 0.344 e. The number of rotatable bonds is 15. The first kappa shape index (κ1) is 32.4. The van der Waals surface area contributed by atoms with E-state index in [4.69, 9.17) is 19.5 Å². The van der Waals surface area contributed by atoms with Crippen LogP contribution >= 0.6 is 19.4 Å². The first-order valence-corrected chi connectivity index (χ1v) is 17.1. The Hall–Kier alpha value is -2.95. The standard InChI is InChI=1S/C27H36N7O8PS/c1-3-40-43(39,41-4-2)16-32(9-10-33-25(37)17-7-5-6-8-18(17)26(33)38)11-12-44-13-19-21(35)22(36)27(42-19)34-15-31-20-23(28)29-14-30-24(20)34/h5-8,14-15,19,21-22,27,35-36H,3-4,9-13,16H2,1-2H3,(H2,28,29,30)/t19-,21?,22+,27-/m1/s1. The van der Waals surface area contributed by atoms with Crippen molar-refractivity contribution in [2.45, 2.75) is 38.4 Å². The van der Waals surface area contributed by atoms with Gasteiger partial charge in [0.15, 0.2) is 17.7 Å². The molecule has 0 aliphatic carbocycles. The highest BCUT2D eigenvalue weighted by molar-refractivity contribution is 7.99. The predicted molar refractivity (Wildman–Crippen MR) is 162 cm³/mol. The van der Waals surface area contributed by atoms with Crippen molar-refractivity contribution in [2.24, 2.45) is 0 Å². The average molecular weight is 650 g/mol. The maximum absolute atomic E-state index is 13.4. The fourth-order valence-electron chi connectivity index (χ4n) is 5.24. The van der Waals surface area contributed by atoms with Crippen LogP contribution in [0.1, 0.15) is 40.8 Å². The van der Waals surface area contributed by atoms with Crippen LogP contribution in [0.5, 0.6) is 0 Å². The third-order valence-electron chi connectivity index (χ3n) is 7.38.